The molecule has 3 heteroatoms. The molecule has 3 unspecified atom stereocenters. The topological polar surface area (TPSA) is 21.3 Å². The van der Waals surface area contributed by atoms with Gasteiger partial charge in [-0.05, 0) is 25.5 Å². The van der Waals surface area contributed by atoms with E-state index in [0.717, 1.165) is 12.6 Å². The van der Waals surface area contributed by atoms with E-state index in [4.69, 9.17) is 4.74 Å². The number of hydrogen-bond acceptors (Lipinski definition) is 3. The number of ether oxygens (including phenoxy) is 1. The summed E-state index contributed by atoms with van der Waals surface area (Å²) in [7, 11) is 0. The van der Waals surface area contributed by atoms with Crippen LogP contribution in [-0.4, -0.2) is 36.3 Å². The van der Waals surface area contributed by atoms with Gasteiger partial charge < -0.3 is 10.1 Å². The first-order chi connectivity index (χ1) is 7.14. The molecule has 1 aliphatic carbocycles. The highest BCUT2D eigenvalue weighted by Gasteiger charge is 2.49. The van der Waals surface area contributed by atoms with E-state index in [2.05, 4.69) is 37.8 Å². The van der Waals surface area contributed by atoms with E-state index in [-0.39, 0.29) is 0 Å². The molecule has 0 radical (unpaired) electrons. The molecule has 0 aromatic rings. The molecule has 1 saturated carbocycles. The maximum Gasteiger partial charge on any atom is 0.0655 e. The van der Waals surface area contributed by atoms with Crippen LogP contribution >= 0.6 is 11.8 Å². The van der Waals surface area contributed by atoms with Crippen LogP contribution in [0.15, 0.2) is 0 Å². The van der Waals surface area contributed by atoms with Gasteiger partial charge in [0.2, 0.25) is 0 Å². The average Bonchev–Trinajstić information content (AvgIpc) is 2.69. The second kappa shape index (κ2) is 4.64. The van der Waals surface area contributed by atoms with Gasteiger partial charge >= 0.3 is 0 Å². The highest BCUT2D eigenvalue weighted by molar-refractivity contribution is 7.99. The van der Waals surface area contributed by atoms with Crippen LogP contribution in [0.25, 0.3) is 0 Å². The maximum absolute atomic E-state index is 5.74. The Kier molecular flexibility index (Phi) is 3.63. The van der Waals surface area contributed by atoms with Gasteiger partial charge in [0.25, 0.3) is 0 Å². The van der Waals surface area contributed by atoms with Gasteiger partial charge in [0.1, 0.15) is 0 Å². The zero-order chi connectivity index (χ0) is 10.9. The average molecular weight is 229 g/mol. The van der Waals surface area contributed by atoms with E-state index >= 15 is 0 Å². The molecule has 1 saturated heterocycles. The van der Waals surface area contributed by atoms with Crippen LogP contribution in [0, 0.1) is 5.41 Å². The zero-order valence-corrected chi connectivity index (χ0v) is 10.9. The summed E-state index contributed by atoms with van der Waals surface area (Å²) in [5.74, 6) is 2.63. The van der Waals surface area contributed by atoms with Crippen LogP contribution in [0.5, 0.6) is 0 Å². The minimum atomic E-state index is 0.323. The Morgan fingerprint density at radius 1 is 1.47 bits per heavy atom. The Bertz CT molecular complexity index is 214. The molecule has 3 atom stereocenters. The monoisotopic (exact) mass is 229 g/mol. The molecule has 88 valence electrons. The van der Waals surface area contributed by atoms with Crippen LogP contribution < -0.4 is 5.32 Å². The molecule has 1 heterocycles. The lowest BCUT2D eigenvalue weighted by atomic mass is 9.64. The molecule has 15 heavy (non-hydrogen) atoms. The van der Waals surface area contributed by atoms with Crippen molar-refractivity contribution in [2.75, 3.05) is 18.1 Å². The van der Waals surface area contributed by atoms with Gasteiger partial charge in [-0.2, -0.15) is 11.8 Å². The van der Waals surface area contributed by atoms with Gasteiger partial charge in [0.15, 0.2) is 0 Å². The van der Waals surface area contributed by atoms with Crippen LogP contribution in [0.1, 0.15) is 33.6 Å². The molecule has 2 nitrogen and oxygen atoms in total. The van der Waals surface area contributed by atoms with Crippen LogP contribution in [-0.2, 0) is 4.74 Å². The summed E-state index contributed by atoms with van der Waals surface area (Å²) in [5.41, 5.74) is 0.323. The highest BCUT2D eigenvalue weighted by Crippen LogP contribution is 2.43. The third kappa shape index (κ3) is 2.34. The van der Waals surface area contributed by atoms with Crippen LogP contribution in [0.4, 0.5) is 0 Å². The van der Waals surface area contributed by atoms with Crippen molar-refractivity contribution in [3.8, 4) is 0 Å². The van der Waals surface area contributed by atoms with Crippen molar-refractivity contribution in [2.45, 2.75) is 51.8 Å². The first-order valence-electron chi connectivity index (χ1n) is 6.10. The zero-order valence-electron chi connectivity index (χ0n) is 10.1. The van der Waals surface area contributed by atoms with E-state index in [1.807, 2.05) is 0 Å². The van der Waals surface area contributed by atoms with Crippen molar-refractivity contribution in [1.29, 1.82) is 0 Å². The molecular formula is C12H23NOS. The fourth-order valence-electron chi connectivity index (χ4n) is 2.60. The molecule has 2 rings (SSSR count). The lowest BCUT2D eigenvalue weighted by molar-refractivity contribution is -0.115. The Morgan fingerprint density at radius 3 is 2.80 bits per heavy atom. The SMILES string of the molecule is CCOC1CC(NC2CCSC2)C1(C)C. The Hall–Kier alpha value is 0.270. The number of hydrogen-bond donors (Lipinski definition) is 1. The third-order valence-electron chi connectivity index (χ3n) is 3.91. The number of rotatable bonds is 4. The van der Waals surface area contributed by atoms with E-state index in [0.29, 0.717) is 17.6 Å². The minimum absolute atomic E-state index is 0.323. The smallest absolute Gasteiger partial charge is 0.0655 e. The predicted octanol–water partition coefficient (Wildman–Crippen LogP) is 2.29. The molecule has 2 aliphatic rings. The van der Waals surface area contributed by atoms with Crippen LogP contribution in [0.3, 0.4) is 0 Å². The van der Waals surface area contributed by atoms with Gasteiger partial charge in [0, 0.05) is 29.9 Å². The van der Waals surface area contributed by atoms with Gasteiger partial charge in [-0.3, -0.25) is 0 Å². The standard InChI is InChI=1S/C12H23NOS/c1-4-14-11-7-10(12(11,2)3)13-9-5-6-15-8-9/h9-11,13H,4-8H2,1-3H3. The van der Waals surface area contributed by atoms with Crippen LogP contribution in [0.2, 0.25) is 0 Å². The summed E-state index contributed by atoms with van der Waals surface area (Å²) < 4.78 is 5.74. The van der Waals surface area contributed by atoms with Crippen molar-refractivity contribution in [1.82, 2.24) is 5.32 Å². The summed E-state index contributed by atoms with van der Waals surface area (Å²) in [4.78, 5) is 0. The lowest BCUT2D eigenvalue weighted by Crippen LogP contribution is -2.62. The maximum atomic E-state index is 5.74. The summed E-state index contributed by atoms with van der Waals surface area (Å²) in [5, 5.41) is 3.79. The fourth-order valence-corrected chi connectivity index (χ4v) is 3.77. The quantitative estimate of drug-likeness (QED) is 0.799. The molecule has 0 aromatic carbocycles. The predicted molar refractivity (Wildman–Crippen MR) is 66.5 cm³/mol. The first kappa shape index (κ1) is 11.7. The number of nitrogens with one attached hydrogen (secondary N) is 1. The third-order valence-corrected chi connectivity index (χ3v) is 5.07. The largest absolute Gasteiger partial charge is 0.378 e. The van der Waals surface area contributed by atoms with Crippen molar-refractivity contribution >= 4 is 11.8 Å². The van der Waals surface area contributed by atoms with Gasteiger partial charge in [-0.15, -0.1) is 0 Å². The van der Waals surface area contributed by atoms with Gasteiger partial charge in [0.05, 0.1) is 6.10 Å². The molecular weight excluding hydrogens is 206 g/mol. The molecule has 0 aromatic heterocycles. The van der Waals surface area contributed by atoms with E-state index in [1.54, 1.807) is 0 Å². The highest BCUT2D eigenvalue weighted by atomic mass is 32.2. The number of thioether (sulfide) groups is 1. The molecule has 2 fully saturated rings. The summed E-state index contributed by atoms with van der Waals surface area (Å²) in [6.07, 6.45) is 3.01. The summed E-state index contributed by atoms with van der Waals surface area (Å²) >= 11 is 2.08. The normalized spacial score (nSPS) is 39.0. The second-order valence-corrected chi connectivity index (χ2v) is 6.43. The lowest BCUT2D eigenvalue weighted by Gasteiger charge is -2.52. The summed E-state index contributed by atoms with van der Waals surface area (Å²) in [6.45, 7) is 7.59. The van der Waals surface area contributed by atoms with Crippen molar-refractivity contribution < 1.29 is 4.74 Å². The molecule has 0 spiro atoms. The first-order valence-corrected chi connectivity index (χ1v) is 7.25. The Balaban J connectivity index is 1.80. The van der Waals surface area contributed by atoms with Crippen molar-refractivity contribution in [2.24, 2.45) is 5.41 Å². The molecule has 1 N–H and O–H groups in total. The van der Waals surface area contributed by atoms with Gasteiger partial charge in [-0.1, -0.05) is 13.8 Å². The Labute approximate surface area is 97.5 Å². The van der Waals surface area contributed by atoms with Gasteiger partial charge in [-0.25, -0.2) is 0 Å². The van der Waals surface area contributed by atoms with Crippen molar-refractivity contribution in [3.63, 3.8) is 0 Å². The Morgan fingerprint density at radius 2 is 2.27 bits per heavy atom. The molecule has 0 amide bonds. The summed E-state index contributed by atoms with van der Waals surface area (Å²) in [6, 6.07) is 1.42. The van der Waals surface area contributed by atoms with E-state index in [9.17, 15) is 0 Å². The fraction of sp³-hybridized carbons (Fsp3) is 1.00. The molecule has 0 bridgehead atoms. The molecule has 1 aliphatic heterocycles. The minimum Gasteiger partial charge on any atom is -0.378 e. The second-order valence-electron chi connectivity index (χ2n) is 5.28. The van der Waals surface area contributed by atoms with E-state index in [1.165, 1.54) is 24.3 Å². The van der Waals surface area contributed by atoms with E-state index < -0.39 is 0 Å². The van der Waals surface area contributed by atoms with Crippen molar-refractivity contribution in [3.05, 3.63) is 0 Å².